The van der Waals surface area contributed by atoms with E-state index in [1.807, 2.05) is 0 Å². The first-order valence-electron chi connectivity index (χ1n) is 4.89. The minimum absolute atomic E-state index is 1.06. The van der Waals surface area contributed by atoms with Crippen LogP contribution in [0, 0.1) is 0 Å². The van der Waals surface area contributed by atoms with Crippen molar-refractivity contribution in [1.82, 2.24) is 0 Å². The summed E-state index contributed by atoms with van der Waals surface area (Å²) in [5.74, 6) is 0. The fourth-order valence-corrected chi connectivity index (χ4v) is 0. The average Bonchev–Trinajstić information content (AvgIpc) is 1.80. The molecule has 2 N–H and O–H groups in total. The second-order valence-electron chi connectivity index (χ2n) is 2.33. The van der Waals surface area contributed by atoms with Crippen molar-refractivity contribution in [3.8, 4) is 0 Å². The van der Waals surface area contributed by atoms with E-state index in [9.17, 15) is 10.2 Å². The molecule has 0 amide bonds. The first-order valence-corrected chi connectivity index (χ1v) is 2.24. The molecule has 0 aliphatic heterocycles. The summed E-state index contributed by atoms with van der Waals surface area (Å²) in [4.78, 5) is 0. The van der Waals surface area contributed by atoms with Crippen LogP contribution in [-0.2, 0) is 0 Å². The fourth-order valence-electron chi connectivity index (χ4n) is 0. The van der Waals surface area contributed by atoms with E-state index in [4.69, 9.17) is 6.85 Å². The Labute approximate surface area is 57.2 Å². The van der Waals surface area contributed by atoms with Crippen LogP contribution in [0.2, 0.25) is 0 Å². The van der Waals surface area contributed by atoms with E-state index in [1.165, 1.54) is 0 Å². The zero-order valence-corrected chi connectivity index (χ0v) is 4.97. The minimum atomic E-state index is -2.96. The van der Waals surface area contributed by atoms with E-state index in [0.717, 1.165) is 13.8 Å². The Hall–Kier alpha value is -0.0800. The molecule has 8 heavy (non-hydrogen) atoms. The van der Waals surface area contributed by atoms with Gasteiger partial charge >= 0.3 is 0 Å². The molecule has 0 fully saturated rings. The van der Waals surface area contributed by atoms with Crippen LogP contribution in [0.1, 0.15) is 34.4 Å². The van der Waals surface area contributed by atoms with Crippen LogP contribution in [-0.4, -0.2) is 21.4 Å². The van der Waals surface area contributed by atoms with Gasteiger partial charge in [-0.2, -0.15) is 0 Å². The maximum Gasteiger partial charge on any atom is 0.0872 e. The Balaban J connectivity index is 5.22. The molecule has 0 spiro atoms. The predicted molar refractivity (Wildman–Crippen MR) is 32.6 cm³/mol. The third kappa shape index (κ3) is 1.80. The number of rotatable bonds is 1. The van der Waals surface area contributed by atoms with Crippen molar-refractivity contribution in [1.29, 1.82) is 0 Å². The lowest BCUT2D eigenvalue weighted by atomic mass is 9.90. The molecular weight excluding hydrogens is 104 g/mol. The molecule has 1 unspecified atom stereocenters. The van der Waals surface area contributed by atoms with Crippen molar-refractivity contribution in [2.75, 3.05) is 0 Å². The highest BCUT2D eigenvalue weighted by molar-refractivity contribution is 4.84. The summed E-state index contributed by atoms with van der Waals surface area (Å²) in [5.41, 5.74) is -4.76. The second-order valence-corrected chi connectivity index (χ2v) is 2.33. The first-order chi connectivity index (χ1) is 5.44. The van der Waals surface area contributed by atoms with Gasteiger partial charge < -0.3 is 10.2 Å². The standard InChI is InChI=1S/C6H14O2/c1-5(2,7)6(3,4)8/h7-8H,1-4H3/i1D2,2D3. The van der Waals surface area contributed by atoms with Crippen LogP contribution < -0.4 is 0 Å². The largest absolute Gasteiger partial charge is 0.387 e. The normalized spacial score (nSPS) is 31.4. The molecule has 1 atom stereocenters. The number of hydrogen-bond acceptors (Lipinski definition) is 2. The van der Waals surface area contributed by atoms with E-state index >= 15 is 0 Å². The molecule has 2 heteroatoms. The average molecular weight is 123 g/mol. The van der Waals surface area contributed by atoms with Gasteiger partial charge in [0.15, 0.2) is 0 Å². The second kappa shape index (κ2) is 1.71. The van der Waals surface area contributed by atoms with Crippen molar-refractivity contribution >= 4 is 0 Å². The van der Waals surface area contributed by atoms with Crippen molar-refractivity contribution in [3.63, 3.8) is 0 Å². The molecule has 50 valence electrons. The highest BCUT2D eigenvalue weighted by Gasteiger charge is 2.31. The van der Waals surface area contributed by atoms with E-state index in [-0.39, 0.29) is 0 Å². The summed E-state index contributed by atoms with van der Waals surface area (Å²) in [6.07, 6.45) is 0. The van der Waals surface area contributed by atoms with Crippen LogP contribution in [0.3, 0.4) is 0 Å². The zero-order valence-electron chi connectivity index (χ0n) is 9.97. The van der Waals surface area contributed by atoms with Crippen LogP contribution in [0.25, 0.3) is 0 Å². The Bertz CT molecular complexity index is 166. The maximum absolute atomic E-state index is 9.57. The van der Waals surface area contributed by atoms with Crippen molar-refractivity contribution in [2.24, 2.45) is 0 Å². The quantitative estimate of drug-likeness (QED) is 0.534. The van der Waals surface area contributed by atoms with Crippen LogP contribution in [0.15, 0.2) is 0 Å². The topological polar surface area (TPSA) is 40.5 Å². The molecule has 0 saturated carbocycles. The lowest BCUT2D eigenvalue weighted by Crippen LogP contribution is -2.44. The van der Waals surface area contributed by atoms with Crippen LogP contribution in [0.4, 0.5) is 0 Å². The summed E-state index contributed by atoms with van der Waals surface area (Å²) in [5, 5.41) is 19.0. The molecule has 0 heterocycles. The molecular formula is C6H14O2. The van der Waals surface area contributed by atoms with Crippen LogP contribution in [0.5, 0.6) is 0 Å². The molecule has 0 radical (unpaired) electrons. The van der Waals surface area contributed by atoms with Gasteiger partial charge in [0.2, 0.25) is 0 Å². The van der Waals surface area contributed by atoms with E-state index in [1.54, 1.807) is 0 Å². The number of aliphatic hydroxyl groups is 2. The lowest BCUT2D eigenvalue weighted by Gasteiger charge is -2.31. The fraction of sp³-hybridized carbons (Fsp3) is 1.00. The third-order valence-electron chi connectivity index (χ3n) is 0.933. The van der Waals surface area contributed by atoms with Gasteiger partial charge in [0, 0.05) is 6.85 Å². The molecule has 0 bridgehead atoms. The van der Waals surface area contributed by atoms with Gasteiger partial charge in [-0.05, 0) is 27.6 Å². The molecule has 0 aromatic rings. The Morgan fingerprint density at radius 1 is 1.25 bits per heavy atom. The minimum Gasteiger partial charge on any atom is -0.387 e. The molecule has 2 nitrogen and oxygen atoms in total. The molecule has 0 rings (SSSR count). The van der Waals surface area contributed by atoms with E-state index < -0.39 is 24.9 Å². The van der Waals surface area contributed by atoms with Gasteiger partial charge in [-0.1, -0.05) is 0 Å². The molecule has 0 aliphatic carbocycles. The summed E-state index contributed by atoms with van der Waals surface area (Å²) >= 11 is 0. The summed E-state index contributed by atoms with van der Waals surface area (Å²) < 4.78 is 34.7. The number of hydrogen-bond donors (Lipinski definition) is 2. The van der Waals surface area contributed by atoms with Gasteiger partial charge in [0.25, 0.3) is 0 Å². The van der Waals surface area contributed by atoms with Gasteiger partial charge in [-0.15, -0.1) is 0 Å². The summed E-state index contributed by atoms with van der Waals surface area (Å²) in [7, 11) is 0. The molecule has 0 aliphatic rings. The predicted octanol–water partition coefficient (Wildman–Crippen LogP) is 0.528. The van der Waals surface area contributed by atoms with Crippen LogP contribution >= 0.6 is 0 Å². The highest BCUT2D eigenvalue weighted by atomic mass is 16.3. The van der Waals surface area contributed by atoms with Gasteiger partial charge in [-0.3, -0.25) is 0 Å². The summed E-state index contributed by atoms with van der Waals surface area (Å²) in [6, 6.07) is 0. The maximum atomic E-state index is 9.57. The molecule has 0 aromatic heterocycles. The Kier molecular flexibility index (Phi) is 0.569. The Morgan fingerprint density at radius 3 is 1.75 bits per heavy atom. The zero-order chi connectivity index (χ0) is 11.1. The van der Waals surface area contributed by atoms with Gasteiger partial charge in [0.05, 0.1) is 11.2 Å². The highest BCUT2D eigenvalue weighted by Crippen LogP contribution is 2.18. The Morgan fingerprint density at radius 2 is 1.75 bits per heavy atom. The van der Waals surface area contributed by atoms with E-state index in [0.29, 0.717) is 0 Å². The molecule has 0 aromatic carbocycles. The summed E-state index contributed by atoms with van der Waals surface area (Å²) in [6.45, 7) is -2.87. The van der Waals surface area contributed by atoms with Crippen molar-refractivity contribution < 1.29 is 17.1 Å². The van der Waals surface area contributed by atoms with Gasteiger partial charge in [0.1, 0.15) is 0 Å². The van der Waals surface area contributed by atoms with E-state index in [2.05, 4.69) is 0 Å². The SMILES string of the molecule is [2H]C([2H])C(O)(C([2H])([2H])[2H])C(C)(C)O. The third-order valence-corrected chi connectivity index (χ3v) is 0.933. The first kappa shape index (κ1) is 2.67. The smallest absolute Gasteiger partial charge is 0.0872 e. The van der Waals surface area contributed by atoms with Crippen molar-refractivity contribution in [3.05, 3.63) is 0 Å². The van der Waals surface area contributed by atoms with Gasteiger partial charge in [-0.25, -0.2) is 0 Å². The van der Waals surface area contributed by atoms with Crippen molar-refractivity contribution in [2.45, 2.75) is 38.8 Å². The molecule has 0 saturated heterocycles. The monoisotopic (exact) mass is 123 g/mol. The lowest BCUT2D eigenvalue weighted by molar-refractivity contribution is -0.107.